The number of nitrogens with one attached hydrogen (secondary N) is 2. The maximum atomic E-state index is 13.2. The van der Waals surface area contributed by atoms with Gasteiger partial charge in [0, 0.05) is 13.0 Å². The number of tetrazole rings is 1. The van der Waals surface area contributed by atoms with Gasteiger partial charge in [0.05, 0.1) is 0 Å². The van der Waals surface area contributed by atoms with E-state index in [0.717, 1.165) is 0 Å². The predicted molar refractivity (Wildman–Crippen MR) is 62.8 cm³/mol. The number of carbonyl (C=O) groups is 1. The summed E-state index contributed by atoms with van der Waals surface area (Å²) in [6.45, 7) is 0.117. The fourth-order valence-electron chi connectivity index (χ4n) is 1.36. The lowest BCUT2D eigenvalue weighted by molar-refractivity contribution is -0.123. The first-order valence-corrected chi connectivity index (χ1v) is 5.62. The van der Waals surface area contributed by atoms with E-state index in [9.17, 15) is 9.18 Å². The van der Waals surface area contributed by atoms with Crippen molar-refractivity contribution in [2.75, 3.05) is 13.2 Å². The lowest BCUT2D eigenvalue weighted by Crippen LogP contribution is -2.30. The van der Waals surface area contributed by atoms with Crippen LogP contribution in [-0.2, 0) is 11.2 Å². The van der Waals surface area contributed by atoms with Gasteiger partial charge in [-0.25, -0.2) is 4.39 Å². The number of para-hydroxylation sites is 1. The van der Waals surface area contributed by atoms with Crippen molar-refractivity contribution in [3.8, 4) is 5.75 Å². The summed E-state index contributed by atoms with van der Waals surface area (Å²) in [7, 11) is 0. The van der Waals surface area contributed by atoms with E-state index in [1.807, 2.05) is 0 Å². The number of halogens is 1. The van der Waals surface area contributed by atoms with Crippen molar-refractivity contribution in [1.29, 1.82) is 0 Å². The Labute approximate surface area is 108 Å². The number of hydrogen-bond donors (Lipinski definition) is 2. The third kappa shape index (κ3) is 4.02. The third-order valence-corrected chi connectivity index (χ3v) is 2.26. The quantitative estimate of drug-likeness (QED) is 0.771. The Kier molecular flexibility index (Phi) is 4.38. The second-order valence-corrected chi connectivity index (χ2v) is 3.65. The van der Waals surface area contributed by atoms with E-state index in [-0.39, 0.29) is 18.3 Å². The van der Waals surface area contributed by atoms with E-state index >= 15 is 0 Å². The Morgan fingerprint density at radius 3 is 3.00 bits per heavy atom. The average molecular weight is 265 g/mol. The fraction of sp³-hybridized carbons (Fsp3) is 0.273. The van der Waals surface area contributed by atoms with E-state index in [4.69, 9.17) is 4.74 Å². The molecular weight excluding hydrogens is 253 g/mol. The smallest absolute Gasteiger partial charge is 0.257 e. The molecule has 8 heteroatoms. The molecule has 0 atom stereocenters. The van der Waals surface area contributed by atoms with E-state index in [1.54, 1.807) is 12.1 Å². The Morgan fingerprint density at radius 1 is 1.42 bits per heavy atom. The number of aromatic nitrogens is 4. The molecule has 0 aliphatic rings. The van der Waals surface area contributed by atoms with E-state index < -0.39 is 5.82 Å². The van der Waals surface area contributed by atoms with Gasteiger partial charge in [0.1, 0.15) is 0 Å². The van der Waals surface area contributed by atoms with Gasteiger partial charge < -0.3 is 10.1 Å². The van der Waals surface area contributed by atoms with Crippen LogP contribution < -0.4 is 10.1 Å². The van der Waals surface area contributed by atoms with Gasteiger partial charge in [-0.1, -0.05) is 17.3 Å². The van der Waals surface area contributed by atoms with Crippen molar-refractivity contribution >= 4 is 5.91 Å². The Bertz CT molecular complexity index is 532. The van der Waals surface area contributed by atoms with Crippen LogP contribution in [0.4, 0.5) is 4.39 Å². The van der Waals surface area contributed by atoms with Crippen LogP contribution in [-0.4, -0.2) is 39.7 Å². The van der Waals surface area contributed by atoms with Crippen molar-refractivity contribution in [1.82, 2.24) is 25.9 Å². The highest BCUT2D eigenvalue weighted by Gasteiger charge is 2.06. The minimum atomic E-state index is -0.498. The predicted octanol–water partition coefficient (Wildman–Crippen LogP) is 0.0765. The van der Waals surface area contributed by atoms with Gasteiger partial charge in [-0.3, -0.25) is 4.79 Å². The molecule has 1 amide bonds. The van der Waals surface area contributed by atoms with E-state index in [1.165, 1.54) is 12.1 Å². The first kappa shape index (κ1) is 12.9. The largest absolute Gasteiger partial charge is 0.481 e. The number of rotatable bonds is 6. The minimum absolute atomic E-state index is 0.0517. The Morgan fingerprint density at radius 2 is 2.26 bits per heavy atom. The summed E-state index contributed by atoms with van der Waals surface area (Å²) in [4.78, 5) is 11.4. The van der Waals surface area contributed by atoms with Crippen LogP contribution in [0.15, 0.2) is 24.3 Å². The molecule has 0 aliphatic carbocycles. The molecule has 2 rings (SSSR count). The van der Waals surface area contributed by atoms with Crippen LogP contribution in [0.3, 0.4) is 0 Å². The van der Waals surface area contributed by atoms with Crippen molar-refractivity contribution in [2.24, 2.45) is 0 Å². The topological polar surface area (TPSA) is 92.8 Å². The van der Waals surface area contributed by atoms with Gasteiger partial charge in [-0.2, -0.15) is 5.21 Å². The highest BCUT2D eigenvalue weighted by atomic mass is 19.1. The Balaban J connectivity index is 1.69. The van der Waals surface area contributed by atoms with Gasteiger partial charge >= 0.3 is 0 Å². The monoisotopic (exact) mass is 265 g/mol. The number of aromatic amines is 1. The number of hydrogen-bond acceptors (Lipinski definition) is 5. The van der Waals surface area contributed by atoms with Gasteiger partial charge in [0.2, 0.25) is 0 Å². The maximum Gasteiger partial charge on any atom is 0.257 e. The number of benzene rings is 1. The first-order valence-electron chi connectivity index (χ1n) is 5.62. The molecule has 0 saturated carbocycles. The second kappa shape index (κ2) is 6.43. The molecule has 0 radical (unpaired) electrons. The van der Waals surface area contributed by atoms with Crippen LogP contribution >= 0.6 is 0 Å². The normalized spacial score (nSPS) is 10.2. The molecule has 0 aliphatic heterocycles. The summed E-state index contributed by atoms with van der Waals surface area (Å²) in [5, 5.41) is 15.8. The third-order valence-electron chi connectivity index (χ3n) is 2.26. The van der Waals surface area contributed by atoms with Crippen molar-refractivity contribution < 1.29 is 13.9 Å². The lowest BCUT2D eigenvalue weighted by atomic mass is 10.3. The number of H-pyrrole nitrogens is 1. The molecule has 1 aromatic carbocycles. The zero-order valence-electron chi connectivity index (χ0n) is 9.97. The van der Waals surface area contributed by atoms with Crippen molar-refractivity contribution in [3.05, 3.63) is 35.9 Å². The molecule has 0 bridgehead atoms. The standard InChI is InChI=1S/C11H12FN5O2/c12-8-3-1-2-4-9(8)19-7-11(18)13-6-5-10-14-16-17-15-10/h1-4H,5-7H2,(H,13,18)(H,14,15,16,17). The molecule has 7 nitrogen and oxygen atoms in total. The molecule has 2 N–H and O–H groups in total. The molecule has 100 valence electrons. The van der Waals surface area contributed by atoms with Gasteiger partial charge in [-0.15, -0.1) is 10.2 Å². The van der Waals surface area contributed by atoms with E-state index in [2.05, 4.69) is 25.9 Å². The Hall–Kier alpha value is -2.51. The first-order chi connectivity index (χ1) is 9.25. The van der Waals surface area contributed by atoms with Crippen LogP contribution in [0.2, 0.25) is 0 Å². The molecule has 0 saturated heterocycles. The molecule has 1 aromatic heterocycles. The number of carbonyl (C=O) groups excluding carboxylic acids is 1. The van der Waals surface area contributed by atoms with Gasteiger partial charge in [-0.05, 0) is 12.1 Å². The number of ether oxygens (including phenoxy) is 1. The fourth-order valence-corrected chi connectivity index (χ4v) is 1.36. The highest BCUT2D eigenvalue weighted by molar-refractivity contribution is 5.77. The second-order valence-electron chi connectivity index (χ2n) is 3.65. The summed E-state index contributed by atoms with van der Waals surface area (Å²) in [5.74, 6) is -0.278. The molecule has 1 heterocycles. The van der Waals surface area contributed by atoms with E-state index in [0.29, 0.717) is 18.8 Å². The molecule has 19 heavy (non-hydrogen) atoms. The van der Waals surface area contributed by atoms with Crippen LogP contribution in [0, 0.1) is 5.82 Å². The number of amides is 1. The van der Waals surface area contributed by atoms with Crippen LogP contribution in [0.25, 0.3) is 0 Å². The van der Waals surface area contributed by atoms with Crippen LogP contribution in [0.5, 0.6) is 5.75 Å². The molecular formula is C11H12FN5O2. The zero-order chi connectivity index (χ0) is 13.5. The summed E-state index contributed by atoms with van der Waals surface area (Å²) < 4.78 is 18.2. The lowest BCUT2D eigenvalue weighted by Gasteiger charge is -2.07. The summed E-state index contributed by atoms with van der Waals surface area (Å²) >= 11 is 0. The van der Waals surface area contributed by atoms with Crippen molar-refractivity contribution in [2.45, 2.75) is 6.42 Å². The zero-order valence-corrected chi connectivity index (χ0v) is 9.97. The van der Waals surface area contributed by atoms with Gasteiger partial charge in [0.15, 0.2) is 24.0 Å². The molecule has 0 unspecified atom stereocenters. The molecule has 0 fully saturated rings. The summed E-state index contributed by atoms with van der Waals surface area (Å²) in [6.07, 6.45) is 0.460. The van der Waals surface area contributed by atoms with Crippen LogP contribution in [0.1, 0.15) is 5.82 Å². The highest BCUT2D eigenvalue weighted by Crippen LogP contribution is 2.14. The SMILES string of the molecule is O=C(COc1ccccc1F)NCCc1nn[nH]n1. The molecule has 2 aromatic rings. The van der Waals surface area contributed by atoms with Gasteiger partial charge in [0.25, 0.3) is 5.91 Å². The number of nitrogens with zero attached hydrogens (tertiary/aromatic N) is 3. The van der Waals surface area contributed by atoms with Crippen molar-refractivity contribution in [3.63, 3.8) is 0 Å². The minimum Gasteiger partial charge on any atom is -0.481 e. The summed E-state index contributed by atoms with van der Waals surface area (Å²) in [5.41, 5.74) is 0. The maximum absolute atomic E-state index is 13.2. The molecule has 0 spiro atoms. The average Bonchev–Trinajstić information content (AvgIpc) is 2.91. The summed E-state index contributed by atoms with van der Waals surface area (Å²) in [6, 6.07) is 5.91.